The van der Waals surface area contributed by atoms with Crippen molar-refractivity contribution in [2.45, 2.75) is 13.3 Å². The lowest BCUT2D eigenvalue weighted by molar-refractivity contribution is 1.07. The van der Waals surface area contributed by atoms with Gasteiger partial charge < -0.3 is 4.57 Å². The summed E-state index contributed by atoms with van der Waals surface area (Å²) < 4.78 is 2.39. The normalized spacial score (nSPS) is 11.3. The Bertz CT molecular complexity index is 2970. The zero-order valence-corrected chi connectivity index (χ0v) is 31.5. The Kier molecular flexibility index (Phi) is 8.77. The Labute approximate surface area is 332 Å². The Morgan fingerprint density at radius 1 is 0.386 bits per heavy atom. The van der Waals surface area contributed by atoms with E-state index in [1.165, 1.54) is 49.6 Å². The number of aryl methyl sites for hydroxylation is 1. The van der Waals surface area contributed by atoms with Gasteiger partial charge in [0.25, 0.3) is 0 Å². The molecule has 0 spiro atoms. The predicted molar refractivity (Wildman–Crippen MR) is 235 cm³/mol. The highest BCUT2D eigenvalue weighted by Gasteiger charge is 2.18. The lowest BCUT2D eigenvalue weighted by Crippen LogP contribution is -2.01. The van der Waals surface area contributed by atoms with E-state index in [0.717, 1.165) is 39.9 Å². The summed E-state index contributed by atoms with van der Waals surface area (Å²) in [6.07, 6.45) is 0.731. The van der Waals surface area contributed by atoms with Gasteiger partial charge in [0.1, 0.15) is 0 Å². The highest BCUT2D eigenvalue weighted by atomic mass is 15.0. The fourth-order valence-corrected chi connectivity index (χ4v) is 8.08. The zero-order chi connectivity index (χ0) is 38.1. The predicted octanol–water partition coefficient (Wildman–Crippen LogP) is 13.2. The molecule has 0 aliphatic heterocycles. The van der Waals surface area contributed by atoms with Crippen LogP contribution in [-0.2, 0) is 6.42 Å². The number of hydrogen-bond acceptors (Lipinski definition) is 3. The van der Waals surface area contributed by atoms with Gasteiger partial charge in [-0.1, -0.05) is 158 Å². The average molecular weight is 731 g/mol. The lowest BCUT2D eigenvalue weighted by atomic mass is 9.90. The Balaban J connectivity index is 1.12. The van der Waals surface area contributed by atoms with Crippen molar-refractivity contribution in [3.63, 3.8) is 0 Å². The van der Waals surface area contributed by atoms with E-state index in [2.05, 4.69) is 175 Å². The van der Waals surface area contributed by atoms with Crippen molar-refractivity contribution in [1.29, 1.82) is 0 Å². The molecule has 0 unspecified atom stereocenters. The molecule has 0 atom stereocenters. The molecule has 4 nitrogen and oxygen atoms in total. The molecule has 0 aliphatic rings. The van der Waals surface area contributed by atoms with E-state index in [9.17, 15) is 0 Å². The molecule has 10 aromatic rings. The van der Waals surface area contributed by atoms with Crippen LogP contribution in [0.1, 0.15) is 16.7 Å². The van der Waals surface area contributed by atoms with Crippen molar-refractivity contribution in [2.24, 2.45) is 0 Å². The summed E-state index contributed by atoms with van der Waals surface area (Å²) in [6.45, 7) is 2.24. The van der Waals surface area contributed by atoms with Gasteiger partial charge in [-0.25, -0.2) is 15.0 Å². The number of rotatable bonds is 8. The fraction of sp³-hybridized carbons (Fsp3) is 0.0377. The molecule has 0 fully saturated rings. The van der Waals surface area contributed by atoms with Crippen LogP contribution in [0.3, 0.4) is 0 Å². The van der Waals surface area contributed by atoms with Crippen LogP contribution in [-0.4, -0.2) is 19.5 Å². The molecule has 4 heteroatoms. The molecule has 0 amide bonds. The van der Waals surface area contributed by atoms with E-state index in [-0.39, 0.29) is 0 Å². The zero-order valence-electron chi connectivity index (χ0n) is 31.5. The molecule has 0 saturated heterocycles. The highest BCUT2D eigenvalue weighted by molar-refractivity contribution is 6.11. The van der Waals surface area contributed by atoms with Crippen LogP contribution in [0.25, 0.3) is 83.9 Å². The van der Waals surface area contributed by atoms with Gasteiger partial charge in [0.05, 0.1) is 11.0 Å². The third-order valence-corrected chi connectivity index (χ3v) is 10.8. The van der Waals surface area contributed by atoms with Crippen molar-refractivity contribution < 1.29 is 0 Å². The van der Waals surface area contributed by atoms with Gasteiger partial charge >= 0.3 is 0 Å². The molecule has 10 rings (SSSR count). The molecule has 0 bridgehead atoms. The summed E-state index contributed by atoms with van der Waals surface area (Å²) in [6, 6.07) is 70.7. The van der Waals surface area contributed by atoms with Crippen LogP contribution >= 0.6 is 0 Å². The molecule has 2 heterocycles. The van der Waals surface area contributed by atoms with E-state index in [4.69, 9.17) is 15.0 Å². The lowest BCUT2D eigenvalue weighted by Gasteiger charge is -2.16. The molecule has 2 aromatic heterocycles. The molecule has 270 valence electrons. The van der Waals surface area contributed by atoms with Crippen molar-refractivity contribution in [3.05, 3.63) is 217 Å². The molecule has 8 aromatic carbocycles. The van der Waals surface area contributed by atoms with Crippen LogP contribution in [0.2, 0.25) is 0 Å². The third kappa shape index (κ3) is 6.58. The summed E-state index contributed by atoms with van der Waals surface area (Å²) >= 11 is 0. The number of hydrogen-bond donors (Lipinski definition) is 0. The first-order valence-corrected chi connectivity index (χ1v) is 19.4. The van der Waals surface area contributed by atoms with Gasteiger partial charge in [-0.3, -0.25) is 0 Å². The SMILES string of the molecule is Cc1cc2c(cc1-c1ccccc1Cc1cc(-c3ccccc3)cc(-c3nc(-c4ccccc4)nc(-c4ccccc4)n3)c1)c1ccccc1n2-c1ccccc1. The van der Waals surface area contributed by atoms with Gasteiger partial charge in [-0.15, -0.1) is 0 Å². The fourth-order valence-electron chi connectivity index (χ4n) is 8.08. The van der Waals surface area contributed by atoms with E-state index in [1.54, 1.807) is 0 Å². The Morgan fingerprint density at radius 3 is 1.58 bits per heavy atom. The summed E-state index contributed by atoms with van der Waals surface area (Å²) in [7, 11) is 0. The van der Waals surface area contributed by atoms with Gasteiger partial charge in [0, 0.05) is 33.2 Å². The van der Waals surface area contributed by atoms with Gasteiger partial charge in [-0.05, 0) is 94.8 Å². The van der Waals surface area contributed by atoms with Crippen LogP contribution in [0.4, 0.5) is 0 Å². The van der Waals surface area contributed by atoms with Crippen molar-refractivity contribution in [1.82, 2.24) is 19.5 Å². The van der Waals surface area contributed by atoms with Gasteiger partial charge in [0.2, 0.25) is 0 Å². The smallest absolute Gasteiger partial charge is 0.164 e. The maximum Gasteiger partial charge on any atom is 0.164 e. The van der Waals surface area contributed by atoms with Crippen LogP contribution < -0.4 is 0 Å². The van der Waals surface area contributed by atoms with Crippen LogP contribution in [0, 0.1) is 6.92 Å². The maximum absolute atomic E-state index is 5.11. The standard InChI is InChI=1S/C53H38N4/c1-36-30-50-48(46-28-16-17-29-49(46)57(50)44-25-12-5-13-26-44)35-47(36)45-27-15-14-24-41(45)31-37-32-42(38-18-6-2-7-19-38)34-43(33-37)53-55-51(39-20-8-3-9-21-39)54-52(56-53)40-22-10-4-11-23-40/h2-30,32-35H,31H2,1H3. The first-order chi connectivity index (χ1) is 28.2. The van der Waals surface area contributed by atoms with E-state index in [0.29, 0.717) is 17.5 Å². The van der Waals surface area contributed by atoms with Crippen LogP contribution in [0.15, 0.2) is 200 Å². The largest absolute Gasteiger partial charge is 0.309 e. The van der Waals surface area contributed by atoms with Crippen molar-refractivity contribution >= 4 is 21.8 Å². The minimum Gasteiger partial charge on any atom is -0.309 e. The molecule has 0 N–H and O–H groups in total. The summed E-state index contributed by atoms with van der Waals surface area (Å²) in [4.78, 5) is 15.2. The second kappa shape index (κ2) is 14.7. The number of aromatic nitrogens is 4. The molecular formula is C53H38N4. The first-order valence-electron chi connectivity index (χ1n) is 19.4. The number of benzene rings is 8. The van der Waals surface area contributed by atoms with Crippen molar-refractivity contribution in [2.75, 3.05) is 0 Å². The summed E-state index contributed by atoms with van der Waals surface area (Å²) in [5.41, 5.74) is 14.8. The number of para-hydroxylation sites is 2. The molecule has 0 radical (unpaired) electrons. The van der Waals surface area contributed by atoms with E-state index in [1.807, 2.05) is 36.4 Å². The Morgan fingerprint density at radius 2 is 0.912 bits per heavy atom. The third-order valence-electron chi connectivity index (χ3n) is 10.8. The second-order valence-electron chi connectivity index (χ2n) is 14.5. The van der Waals surface area contributed by atoms with E-state index >= 15 is 0 Å². The van der Waals surface area contributed by atoms with E-state index < -0.39 is 0 Å². The summed E-state index contributed by atoms with van der Waals surface area (Å²) in [5.74, 6) is 1.94. The average Bonchev–Trinajstić information content (AvgIpc) is 3.60. The van der Waals surface area contributed by atoms with Gasteiger partial charge in [-0.2, -0.15) is 0 Å². The van der Waals surface area contributed by atoms with Crippen molar-refractivity contribution in [3.8, 4) is 62.1 Å². The molecule has 57 heavy (non-hydrogen) atoms. The topological polar surface area (TPSA) is 43.6 Å². The van der Waals surface area contributed by atoms with Crippen LogP contribution in [0.5, 0.6) is 0 Å². The van der Waals surface area contributed by atoms with Gasteiger partial charge in [0.15, 0.2) is 17.5 Å². The molecule has 0 saturated carbocycles. The quantitative estimate of drug-likeness (QED) is 0.156. The summed E-state index contributed by atoms with van der Waals surface area (Å²) in [5, 5.41) is 2.49. The first kappa shape index (κ1) is 34.1. The number of fused-ring (bicyclic) bond motifs is 3. The second-order valence-corrected chi connectivity index (χ2v) is 14.5. The Hall–Kier alpha value is -7.43. The monoisotopic (exact) mass is 730 g/mol. The molecular weight excluding hydrogens is 693 g/mol. The minimum atomic E-state index is 0.645. The highest BCUT2D eigenvalue weighted by Crippen LogP contribution is 2.39. The molecule has 0 aliphatic carbocycles. The maximum atomic E-state index is 5.11. The number of nitrogens with zero attached hydrogens (tertiary/aromatic N) is 4. The minimum absolute atomic E-state index is 0.645.